The highest BCUT2D eigenvalue weighted by Crippen LogP contribution is 2.16. The molecule has 2 aromatic rings. The number of carbonyl (C=O) groups is 1. The van der Waals surface area contributed by atoms with Crippen LogP contribution in [0.3, 0.4) is 0 Å². The molecule has 0 N–H and O–H groups in total. The molecule has 2 fully saturated rings. The third-order valence-corrected chi connectivity index (χ3v) is 5.59. The van der Waals surface area contributed by atoms with Crippen molar-refractivity contribution in [2.45, 2.75) is 6.54 Å². The predicted octanol–water partition coefficient (Wildman–Crippen LogP) is 1.03. The van der Waals surface area contributed by atoms with Gasteiger partial charge < -0.3 is 14.2 Å². The topological polar surface area (TPSA) is 53.8 Å². The van der Waals surface area contributed by atoms with E-state index in [4.69, 9.17) is 4.74 Å². The zero-order chi connectivity index (χ0) is 19.2. The van der Waals surface area contributed by atoms with Crippen LogP contribution < -0.4 is 0 Å². The number of carbonyl (C=O) groups excluding carboxylic acids is 1. The number of amides is 1. The first kappa shape index (κ1) is 19.1. The Morgan fingerprint density at radius 1 is 0.929 bits per heavy atom. The SMILES string of the molecule is O=C(CN1CCN(CCn2ccnc2-c2ccccc2)CC1)N1CCOCC1. The van der Waals surface area contributed by atoms with E-state index in [0.717, 1.165) is 63.7 Å². The second-order valence-electron chi connectivity index (χ2n) is 7.42. The number of hydrogen-bond acceptors (Lipinski definition) is 5. The predicted molar refractivity (Wildman–Crippen MR) is 108 cm³/mol. The van der Waals surface area contributed by atoms with Crippen LogP contribution in [0.15, 0.2) is 42.7 Å². The molecule has 0 radical (unpaired) electrons. The van der Waals surface area contributed by atoms with Gasteiger partial charge in [0.25, 0.3) is 0 Å². The van der Waals surface area contributed by atoms with E-state index < -0.39 is 0 Å². The number of benzene rings is 1. The maximum atomic E-state index is 12.4. The lowest BCUT2D eigenvalue weighted by Crippen LogP contribution is -2.51. The average Bonchev–Trinajstić information content (AvgIpc) is 3.23. The molecule has 2 saturated heterocycles. The minimum absolute atomic E-state index is 0.239. The van der Waals surface area contributed by atoms with Crippen molar-refractivity contribution in [3.05, 3.63) is 42.7 Å². The van der Waals surface area contributed by atoms with Crippen molar-refractivity contribution in [1.29, 1.82) is 0 Å². The van der Waals surface area contributed by atoms with Crippen molar-refractivity contribution < 1.29 is 9.53 Å². The molecule has 0 atom stereocenters. The lowest BCUT2D eigenvalue weighted by molar-refractivity contribution is -0.136. The number of imidazole rings is 1. The fourth-order valence-corrected chi connectivity index (χ4v) is 3.86. The summed E-state index contributed by atoms with van der Waals surface area (Å²) in [6.45, 7) is 9.17. The van der Waals surface area contributed by atoms with Gasteiger partial charge in [-0.2, -0.15) is 0 Å². The van der Waals surface area contributed by atoms with E-state index in [1.165, 1.54) is 0 Å². The molecule has 150 valence electrons. The van der Waals surface area contributed by atoms with Crippen LogP contribution in [0.5, 0.6) is 0 Å². The molecule has 28 heavy (non-hydrogen) atoms. The normalized spacial score (nSPS) is 19.1. The first-order chi connectivity index (χ1) is 13.8. The summed E-state index contributed by atoms with van der Waals surface area (Å²) < 4.78 is 7.55. The second kappa shape index (κ2) is 9.32. The number of morpholine rings is 1. The van der Waals surface area contributed by atoms with Crippen LogP contribution in [0.1, 0.15) is 0 Å². The highest BCUT2D eigenvalue weighted by atomic mass is 16.5. The monoisotopic (exact) mass is 383 g/mol. The molecule has 4 rings (SSSR count). The Morgan fingerprint density at radius 2 is 1.64 bits per heavy atom. The average molecular weight is 383 g/mol. The van der Waals surface area contributed by atoms with Crippen LogP contribution in [0, 0.1) is 0 Å². The minimum Gasteiger partial charge on any atom is -0.378 e. The quantitative estimate of drug-likeness (QED) is 0.746. The van der Waals surface area contributed by atoms with E-state index in [1.807, 2.05) is 29.3 Å². The minimum atomic E-state index is 0.239. The van der Waals surface area contributed by atoms with Gasteiger partial charge in [-0.25, -0.2) is 4.98 Å². The summed E-state index contributed by atoms with van der Waals surface area (Å²) in [5.41, 5.74) is 1.15. The van der Waals surface area contributed by atoms with Crippen molar-refractivity contribution in [3.63, 3.8) is 0 Å². The molecule has 0 aliphatic carbocycles. The first-order valence-corrected chi connectivity index (χ1v) is 10.2. The summed E-state index contributed by atoms with van der Waals surface area (Å²) in [6.07, 6.45) is 3.93. The molecule has 0 spiro atoms. The summed E-state index contributed by atoms with van der Waals surface area (Å²) in [5, 5.41) is 0. The Morgan fingerprint density at radius 3 is 2.39 bits per heavy atom. The molecule has 3 heterocycles. The molecule has 0 saturated carbocycles. The van der Waals surface area contributed by atoms with E-state index >= 15 is 0 Å². The van der Waals surface area contributed by atoms with Crippen molar-refractivity contribution in [3.8, 4) is 11.4 Å². The molecule has 2 aliphatic rings. The van der Waals surface area contributed by atoms with Crippen molar-refractivity contribution in [1.82, 2.24) is 24.3 Å². The van der Waals surface area contributed by atoms with Crippen LogP contribution in [0.2, 0.25) is 0 Å². The van der Waals surface area contributed by atoms with Crippen LogP contribution in [-0.2, 0) is 16.1 Å². The van der Waals surface area contributed by atoms with Crippen molar-refractivity contribution in [2.75, 3.05) is 65.6 Å². The number of rotatable bonds is 6. The largest absolute Gasteiger partial charge is 0.378 e. The smallest absolute Gasteiger partial charge is 0.236 e. The Bertz CT molecular complexity index is 749. The van der Waals surface area contributed by atoms with Gasteiger partial charge in [-0.3, -0.25) is 14.6 Å². The zero-order valence-corrected chi connectivity index (χ0v) is 16.4. The molecule has 2 aliphatic heterocycles. The van der Waals surface area contributed by atoms with Gasteiger partial charge in [-0.05, 0) is 0 Å². The Balaban J connectivity index is 1.22. The number of piperazine rings is 1. The maximum absolute atomic E-state index is 12.4. The van der Waals surface area contributed by atoms with E-state index in [2.05, 4.69) is 37.7 Å². The molecular formula is C21H29N5O2. The summed E-state index contributed by atoms with van der Waals surface area (Å²) in [6, 6.07) is 10.3. The van der Waals surface area contributed by atoms with E-state index in [-0.39, 0.29) is 5.91 Å². The van der Waals surface area contributed by atoms with Gasteiger partial charge in [-0.15, -0.1) is 0 Å². The van der Waals surface area contributed by atoms with Crippen LogP contribution >= 0.6 is 0 Å². The molecule has 0 unspecified atom stereocenters. The molecule has 7 nitrogen and oxygen atoms in total. The van der Waals surface area contributed by atoms with E-state index in [0.29, 0.717) is 19.8 Å². The molecule has 0 bridgehead atoms. The fraction of sp³-hybridized carbons (Fsp3) is 0.524. The molecular weight excluding hydrogens is 354 g/mol. The lowest BCUT2D eigenvalue weighted by Gasteiger charge is -2.36. The van der Waals surface area contributed by atoms with Gasteiger partial charge in [0.15, 0.2) is 0 Å². The third-order valence-electron chi connectivity index (χ3n) is 5.59. The van der Waals surface area contributed by atoms with Gasteiger partial charge in [0.05, 0.1) is 19.8 Å². The molecule has 7 heteroatoms. The summed E-state index contributed by atoms with van der Waals surface area (Å²) >= 11 is 0. The lowest BCUT2D eigenvalue weighted by atomic mass is 10.2. The summed E-state index contributed by atoms with van der Waals surface area (Å²) in [4.78, 5) is 23.6. The van der Waals surface area contributed by atoms with E-state index in [1.54, 1.807) is 0 Å². The zero-order valence-electron chi connectivity index (χ0n) is 16.4. The highest BCUT2D eigenvalue weighted by Gasteiger charge is 2.23. The summed E-state index contributed by atoms with van der Waals surface area (Å²) in [7, 11) is 0. The molecule has 1 aromatic heterocycles. The fourth-order valence-electron chi connectivity index (χ4n) is 3.86. The van der Waals surface area contributed by atoms with Crippen LogP contribution in [0.25, 0.3) is 11.4 Å². The molecule has 1 amide bonds. The third kappa shape index (κ3) is 4.79. The van der Waals surface area contributed by atoms with Crippen LogP contribution in [0.4, 0.5) is 0 Å². The molecule has 1 aromatic carbocycles. The number of ether oxygens (including phenoxy) is 1. The van der Waals surface area contributed by atoms with E-state index in [9.17, 15) is 4.79 Å². The second-order valence-corrected chi connectivity index (χ2v) is 7.42. The summed E-state index contributed by atoms with van der Waals surface area (Å²) in [5.74, 6) is 1.26. The van der Waals surface area contributed by atoms with Crippen LogP contribution in [-0.4, -0.2) is 95.7 Å². The van der Waals surface area contributed by atoms with Gasteiger partial charge in [-0.1, -0.05) is 30.3 Å². The highest BCUT2D eigenvalue weighted by molar-refractivity contribution is 5.78. The number of aromatic nitrogens is 2. The van der Waals surface area contributed by atoms with Gasteiger partial charge >= 0.3 is 0 Å². The standard InChI is InChI=1S/C21H29N5O2/c27-20(25-14-16-28-17-15-25)18-24-10-8-23(9-11-24)12-13-26-7-6-22-21(26)19-4-2-1-3-5-19/h1-7H,8-18H2. The number of nitrogens with zero attached hydrogens (tertiary/aromatic N) is 5. The van der Waals surface area contributed by atoms with Gasteiger partial charge in [0.2, 0.25) is 5.91 Å². The number of hydrogen-bond donors (Lipinski definition) is 0. The van der Waals surface area contributed by atoms with Gasteiger partial charge in [0.1, 0.15) is 5.82 Å². The Kier molecular flexibility index (Phi) is 6.36. The first-order valence-electron chi connectivity index (χ1n) is 10.2. The Labute approximate surface area is 166 Å². The Hall–Kier alpha value is -2.22. The van der Waals surface area contributed by atoms with Crippen molar-refractivity contribution in [2.24, 2.45) is 0 Å². The maximum Gasteiger partial charge on any atom is 0.236 e. The van der Waals surface area contributed by atoms with Gasteiger partial charge in [0, 0.05) is 70.3 Å². The van der Waals surface area contributed by atoms with Crippen molar-refractivity contribution >= 4 is 5.91 Å².